The van der Waals surface area contributed by atoms with Crippen molar-refractivity contribution in [2.45, 2.75) is 13.5 Å². The number of ether oxygens (including phenoxy) is 1. The number of pyridine rings is 2. The summed E-state index contributed by atoms with van der Waals surface area (Å²) in [5, 5.41) is 6.42. The molecule has 0 bridgehead atoms. The lowest BCUT2D eigenvalue weighted by molar-refractivity contribution is 0.301. The van der Waals surface area contributed by atoms with E-state index in [1.54, 1.807) is 12.4 Å². The largest absolute Gasteiger partial charge is 0.487 e. The Bertz CT molecular complexity index is 876. The van der Waals surface area contributed by atoms with Crippen LogP contribution in [0, 0.1) is 6.92 Å². The van der Waals surface area contributed by atoms with Gasteiger partial charge >= 0.3 is 0 Å². The summed E-state index contributed by atoms with van der Waals surface area (Å²) < 4.78 is 5.76. The van der Waals surface area contributed by atoms with Gasteiger partial charge in [0.15, 0.2) is 0 Å². The van der Waals surface area contributed by atoms with Crippen molar-refractivity contribution in [3.05, 3.63) is 84.5 Å². The first kappa shape index (κ1) is 17.5. The maximum Gasteiger partial charge on any atom is 0.130 e. The molecule has 0 saturated heterocycles. The van der Waals surface area contributed by atoms with Gasteiger partial charge in [-0.2, -0.15) is 0 Å². The number of anilines is 2. The summed E-state index contributed by atoms with van der Waals surface area (Å²) in [7, 11) is 1.87. The predicted molar refractivity (Wildman–Crippen MR) is 106 cm³/mol. The average molecular weight is 346 g/mol. The van der Waals surface area contributed by atoms with Gasteiger partial charge in [0, 0.05) is 35.9 Å². The van der Waals surface area contributed by atoms with E-state index in [0.717, 1.165) is 39.8 Å². The van der Waals surface area contributed by atoms with Gasteiger partial charge in [0.1, 0.15) is 12.4 Å². The molecule has 5 nitrogen and oxygen atoms in total. The Morgan fingerprint density at radius 2 is 1.88 bits per heavy atom. The van der Waals surface area contributed by atoms with E-state index in [9.17, 15) is 0 Å². The number of hydrogen-bond donors (Lipinski definition) is 2. The van der Waals surface area contributed by atoms with Gasteiger partial charge in [-0.1, -0.05) is 12.6 Å². The topological polar surface area (TPSA) is 59.1 Å². The van der Waals surface area contributed by atoms with E-state index in [2.05, 4.69) is 27.2 Å². The summed E-state index contributed by atoms with van der Waals surface area (Å²) in [6, 6.07) is 15.6. The van der Waals surface area contributed by atoms with Crippen molar-refractivity contribution in [2.75, 3.05) is 17.7 Å². The second-order valence-corrected chi connectivity index (χ2v) is 5.84. The van der Waals surface area contributed by atoms with Crippen LogP contribution >= 0.6 is 0 Å². The summed E-state index contributed by atoms with van der Waals surface area (Å²) in [6.07, 6.45) is 3.57. The fourth-order valence-electron chi connectivity index (χ4n) is 2.49. The predicted octanol–water partition coefficient (Wildman–Crippen LogP) is 4.49. The molecule has 0 atom stereocenters. The molecule has 0 radical (unpaired) electrons. The number of nitrogens with zero attached hydrogens (tertiary/aromatic N) is 2. The third-order valence-corrected chi connectivity index (χ3v) is 3.96. The van der Waals surface area contributed by atoms with Crippen LogP contribution in [0.1, 0.15) is 17.0 Å². The Labute approximate surface area is 153 Å². The molecule has 3 rings (SSSR count). The highest BCUT2D eigenvalue weighted by atomic mass is 16.5. The minimum atomic E-state index is 0.446. The van der Waals surface area contributed by atoms with Gasteiger partial charge in [0.05, 0.1) is 17.6 Å². The van der Waals surface area contributed by atoms with E-state index in [1.807, 2.05) is 62.5 Å². The van der Waals surface area contributed by atoms with E-state index < -0.39 is 0 Å². The van der Waals surface area contributed by atoms with Crippen LogP contribution in [0.2, 0.25) is 0 Å². The molecule has 2 N–H and O–H groups in total. The number of rotatable bonds is 7. The molecule has 26 heavy (non-hydrogen) atoms. The van der Waals surface area contributed by atoms with Gasteiger partial charge in [-0.05, 0) is 49.4 Å². The van der Waals surface area contributed by atoms with E-state index in [0.29, 0.717) is 6.61 Å². The van der Waals surface area contributed by atoms with Crippen LogP contribution in [0.25, 0.3) is 5.70 Å². The quantitative estimate of drug-likeness (QED) is 0.660. The minimum Gasteiger partial charge on any atom is -0.487 e. The van der Waals surface area contributed by atoms with Crippen molar-refractivity contribution < 1.29 is 4.74 Å². The van der Waals surface area contributed by atoms with E-state index in [1.165, 1.54) is 0 Å². The molecule has 0 unspecified atom stereocenters. The normalized spacial score (nSPS) is 10.2. The maximum atomic E-state index is 5.76. The SMILES string of the molecule is C=C(Nc1ccc(OCc2ccccn2)cc1)c1cc(NC)cnc1C. The third kappa shape index (κ3) is 4.39. The van der Waals surface area contributed by atoms with Crippen molar-refractivity contribution in [3.8, 4) is 5.75 Å². The maximum absolute atomic E-state index is 5.76. The van der Waals surface area contributed by atoms with E-state index >= 15 is 0 Å². The number of aromatic nitrogens is 2. The molecule has 0 aliphatic rings. The molecular weight excluding hydrogens is 324 g/mol. The molecule has 132 valence electrons. The summed E-state index contributed by atoms with van der Waals surface area (Å²) >= 11 is 0. The number of benzene rings is 1. The summed E-state index contributed by atoms with van der Waals surface area (Å²) in [4.78, 5) is 8.64. The van der Waals surface area contributed by atoms with Crippen LogP contribution in [-0.4, -0.2) is 17.0 Å². The molecule has 0 fully saturated rings. The van der Waals surface area contributed by atoms with Crippen LogP contribution < -0.4 is 15.4 Å². The second-order valence-electron chi connectivity index (χ2n) is 5.84. The van der Waals surface area contributed by atoms with Crippen molar-refractivity contribution in [2.24, 2.45) is 0 Å². The number of nitrogens with one attached hydrogen (secondary N) is 2. The van der Waals surface area contributed by atoms with Crippen LogP contribution in [0.4, 0.5) is 11.4 Å². The molecule has 0 amide bonds. The van der Waals surface area contributed by atoms with Crippen molar-refractivity contribution >= 4 is 17.1 Å². The molecule has 0 saturated carbocycles. The van der Waals surface area contributed by atoms with E-state index in [4.69, 9.17) is 4.74 Å². The fourth-order valence-corrected chi connectivity index (χ4v) is 2.49. The standard InChI is InChI=1S/C21H22N4O/c1-15-21(12-19(22-3)13-24-15)16(2)25-17-7-9-20(10-8-17)26-14-18-6-4-5-11-23-18/h4-13,22,25H,2,14H2,1,3H3. The summed E-state index contributed by atoms with van der Waals surface area (Å²) in [6.45, 7) is 6.55. The second kappa shape index (κ2) is 8.16. The van der Waals surface area contributed by atoms with Gasteiger partial charge in [-0.15, -0.1) is 0 Å². The van der Waals surface area contributed by atoms with Gasteiger partial charge in [0.2, 0.25) is 0 Å². The molecule has 0 spiro atoms. The number of hydrogen-bond acceptors (Lipinski definition) is 5. The monoisotopic (exact) mass is 346 g/mol. The van der Waals surface area contributed by atoms with Crippen molar-refractivity contribution in [1.29, 1.82) is 0 Å². The Hall–Kier alpha value is -3.34. The van der Waals surface area contributed by atoms with Crippen molar-refractivity contribution in [1.82, 2.24) is 9.97 Å². The van der Waals surface area contributed by atoms with E-state index in [-0.39, 0.29) is 0 Å². The number of aryl methyl sites for hydroxylation is 1. The summed E-state index contributed by atoms with van der Waals surface area (Å²) in [5.74, 6) is 0.793. The van der Waals surface area contributed by atoms with Gasteiger partial charge in [-0.3, -0.25) is 9.97 Å². The average Bonchev–Trinajstić information content (AvgIpc) is 2.68. The highest BCUT2D eigenvalue weighted by Crippen LogP contribution is 2.23. The molecule has 1 aromatic carbocycles. The Morgan fingerprint density at radius 1 is 1.08 bits per heavy atom. The van der Waals surface area contributed by atoms with Crippen LogP contribution in [0.3, 0.4) is 0 Å². The van der Waals surface area contributed by atoms with Gasteiger partial charge in [-0.25, -0.2) is 0 Å². The zero-order valence-electron chi connectivity index (χ0n) is 15.0. The van der Waals surface area contributed by atoms with Gasteiger partial charge < -0.3 is 15.4 Å². The zero-order valence-corrected chi connectivity index (χ0v) is 15.0. The third-order valence-electron chi connectivity index (χ3n) is 3.96. The highest BCUT2D eigenvalue weighted by molar-refractivity contribution is 5.77. The minimum absolute atomic E-state index is 0.446. The Kier molecular flexibility index (Phi) is 5.49. The first-order chi connectivity index (χ1) is 12.7. The molecule has 2 heterocycles. The summed E-state index contributed by atoms with van der Waals surface area (Å²) in [5.41, 5.74) is 5.50. The first-order valence-corrected chi connectivity index (χ1v) is 8.39. The molecule has 0 aliphatic carbocycles. The fraction of sp³-hybridized carbons (Fsp3) is 0.143. The molecule has 2 aromatic heterocycles. The Balaban J connectivity index is 1.63. The lowest BCUT2D eigenvalue weighted by atomic mass is 10.1. The van der Waals surface area contributed by atoms with Gasteiger partial charge in [0.25, 0.3) is 0 Å². The molecular formula is C21H22N4O. The zero-order chi connectivity index (χ0) is 18.4. The molecule has 3 aromatic rings. The first-order valence-electron chi connectivity index (χ1n) is 8.39. The van der Waals surface area contributed by atoms with Crippen LogP contribution in [0.5, 0.6) is 5.75 Å². The Morgan fingerprint density at radius 3 is 2.58 bits per heavy atom. The molecule has 0 aliphatic heterocycles. The lowest BCUT2D eigenvalue weighted by Crippen LogP contribution is -2.02. The molecule has 5 heteroatoms. The smallest absolute Gasteiger partial charge is 0.130 e. The van der Waals surface area contributed by atoms with Crippen molar-refractivity contribution in [3.63, 3.8) is 0 Å². The van der Waals surface area contributed by atoms with Crippen LogP contribution in [-0.2, 0) is 6.61 Å². The lowest BCUT2D eigenvalue weighted by Gasteiger charge is -2.14. The van der Waals surface area contributed by atoms with Crippen LogP contribution in [0.15, 0.2) is 67.5 Å². The highest BCUT2D eigenvalue weighted by Gasteiger charge is 2.06.